The summed E-state index contributed by atoms with van der Waals surface area (Å²) < 4.78 is 20.1. The van der Waals surface area contributed by atoms with Gasteiger partial charge in [-0.2, -0.15) is 0 Å². The zero-order valence-electron chi connectivity index (χ0n) is 25.7. The summed E-state index contributed by atoms with van der Waals surface area (Å²) >= 11 is 0. The van der Waals surface area contributed by atoms with Crippen molar-refractivity contribution in [3.05, 3.63) is 107 Å². The zero-order valence-corrected chi connectivity index (χ0v) is 25.7. The first-order valence-corrected chi connectivity index (χ1v) is 15.2. The Morgan fingerprint density at radius 1 is 0.841 bits per heavy atom. The van der Waals surface area contributed by atoms with Crippen LogP contribution in [-0.2, 0) is 15.7 Å². The highest BCUT2D eigenvalue weighted by Crippen LogP contribution is 2.64. The smallest absolute Gasteiger partial charge is 0.221 e. The largest absolute Gasteiger partial charge is 0.506 e. The van der Waals surface area contributed by atoms with E-state index < -0.39 is 11.1 Å². The number of hydrogen-bond acceptors (Lipinski definition) is 6. The van der Waals surface area contributed by atoms with Crippen molar-refractivity contribution in [3.8, 4) is 17.4 Å². The lowest BCUT2D eigenvalue weighted by molar-refractivity contribution is -0.0706. The molecular weight excluding hydrogens is 548 g/mol. The number of aryl methyl sites for hydroxylation is 1. The first kappa shape index (κ1) is 26.8. The Kier molecular flexibility index (Phi) is 5.38. The average molecular weight is 583 g/mol. The Labute approximate surface area is 256 Å². The Balaban J connectivity index is 1.33. The normalized spacial score (nSPS) is 21.9. The Hall–Kier alpha value is -4.84. The lowest BCUT2D eigenvalue weighted by Gasteiger charge is -2.47. The van der Waals surface area contributed by atoms with Crippen LogP contribution in [0.1, 0.15) is 56.9 Å². The second-order valence-electron chi connectivity index (χ2n) is 13.2. The molecule has 3 heterocycles. The number of hydrogen-bond donors (Lipinski definition) is 1. The number of aromatic hydroxyl groups is 1. The zero-order chi connectivity index (χ0) is 30.6. The van der Waals surface area contributed by atoms with E-state index in [1.807, 2.05) is 61.5 Å². The molecule has 0 radical (unpaired) electrons. The number of fused-ring (bicyclic) bond motifs is 7. The van der Waals surface area contributed by atoms with E-state index >= 15 is 0 Å². The van der Waals surface area contributed by atoms with Gasteiger partial charge in [0.2, 0.25) is 11.8 Å². The maximum Gasteiger partial charge on any atom is 0.221 e. The molecule has 6 nitrogen and oxygen atoms in total. The minimum atomic E-state index is -0.621. The van der Waals surface area contributed by atoms with E-state index in [4.69, 9.17) is 18.9 Å². The van der Waals surface area contributed by atoms with Crippen LogP contribution in [0.3, 0.4) is 0 Å². The number of ether oxygens (including phenoxy) is 2. The molecule has 220 valence electrons. The standard InChI is InChI=1S/C38H34N2O4/c1-21(2)38-36(4,5)28-12-8-9-13-29(28)37(38,6)40-35(44-38)27-20-24(19-26-25-11-7-10-14-31(25)43-34(26)27)42-32-16-15-23-17-22(3)18-30(41)33(23)39-32/h7-21,41H,1-6H3/t37-,38+/m0/s1. The molecule has 0 saturated carbocycles. The molecule has 6 aromatic rings. The number of rotatable bonds is 4. The average Bonchev–Trinajstić information content (AvgIpc) is 3.58. The summed E-state index contributed by atoms with van der Waals surface area (Å²) in [6.45, 7) is 13.1. The molecule has 1 N–H and O–H groups in total. The van der Waals surface area contributed by atoms with Gasteiger partial charge >= 0.3 is 0 Å². The molecule has 1 aliphatic carbocycles. The molecule has 0 unspecified atom stereocenters. The van der Waals surface area contributed by atoms with Crippen molar-refractivity contribution in [1.82, 2.24) is 4.98 Å². The van der Waals surface area contributed by atoms with Crippen LogP contribution < -0.4 is 4.74 Å². The SMILES string of the molecule is Cc1cc(O)c2nc(Oc3cc(C4=N[C@@]5(C)c6ccccc6C(C)(C)[C@@]5(C(C)C)O4)c4oc5ccccc5c4c3)ccc2c1. The van der Waals surface area contributed by atoms with Crippen LogP contribution in [0.5, 0.6) is 17.4 Å². The van der Waals surface area contributed by atoms with E-state index in [2.05, 4.69) is 63.9 Å². The molecular formula is C38H34N2O4. The molecule has 2 atom stereocenters. The summed E-state index contributed by atoms with van der Waals surface area (Å²) in [5, 5.41) is 13.3. The van der Waals surface area contributed by atoms with Crippen LogP contribution in [0.25, 0.3) is 32.8 Å². The van der Waals surface area contributed by atoms with Gasteiger partial charge < -0.3 is 19.0 Å². The third-order valence-corrected chi connectivity index (χ3v) is 9.97. The predicted molar refractivity (Wildman–Crippen MR) is 174 cm³/mol. The molecule has 44 heavy (non-hydrogen) atoms. The molecule has 0 saturated heterocycles. The highest BCUT2D eigenvalue weighted by molar-refractivity contribution is 6.14. The number of pyridine rings is 1. The molecule has 0 bridgehead atoms. The third kappa shape index (κ3) is 3.37. The summed E-state index contributed by atoms with van der Waals surface area (Å²) in [4.78, 5) is 10.1. The van der Waals surface area contributed by atoms with Crippen LogP contribution in [0.15, 0.2) is 94.3 Å². The van der Waals surface area contributed by atoms with Gasteiger partial charge in [-0.25, -0.2) is 9.98 Å². The summed E-state index contributed by atoms with van der Waals surface area (Å²) in [5.74, 6) is 1.77. The van der Waals surface area contributed by atoms with Gasteiger partial charge in [-0.1, -0.05) is 70.2 Å². The monoisotopic (exact) mass is 582 g/mol. The van der Waals surface area contributed by atoms with Crippen molar-refractivity contribution in [2.24, 2.45) is 10.9 Å². The fraction of sp³-hybridized carbons (Fsp3) is 0.263. The molecule has 8 rings (SSSR count). The number of aliphatic imine (C=N–C) groups is 1. The molecule has 0 amide bonds. The molecule has 4 aromatic carbocycles. The maximum atomic E-state index is 10.6. The van der Waals surface area contributed by atoms with E-state index in [-0.39, 0.29) is 17.1 Å². The van der Waals surface area contributed by atoms with E-state index in [1.165, 1.54) is 11.1 Å². The number of furan rings is 1. The van der Waals surface area contributed by atoms with Crippen molar-refractivity contribution in [2.75, 3.05) is 0 Å². The first-order valence-electron chi connectivity index (χ1n) is 15.2. The topological polar surface area (TPSA) is 77.1 Å². The van der Waals surface area contributed by atoms with Crippen molar-refractivity contribution in [3.63, 3.8) is 0 Å². The molecule has 0 spiro atoms. The van der Waals surface area contributed by atoms with Crippen molar-refractivity contribution in [2.45, 2.75) is 58.1 Å². The van der Waals surface area contributed by atoms with E-state index in [0.29, 0.717) is 28.6 Å². The van der Waals surface area contributed by atoms with Crippen LogP contribution in [0.4, 0.5) is 0 Å². The van der Waals surface area contributed by atoms with Gasteiger partial charge in [0.05, 0.1) is 5.56 Å². The quantitative estimate of drug-likeness (QED) is 0.224. The molecule has 0 fully saturated rings. The maximum absolute atomic E-state index is 10.6. The summed E-state index contributed by atoms with van der Waals surface area (Å²) in [7, 11) is 0. The van der Waals surface area contributed by atoms with Crippen LogP contribution >= 0.6 is 0 Å². The molecule has 1 aliphatic heterocycles. The summed E-state index contributed by atoms with van der Waals surface area (Å²) in [6.07, 6.45) is 0. The van der Waals surface area contributed by atoms with Crippen LogP contribution in [-0.4, -0.2) is 21.6 Å². The third-order valence-electron chi connectivity index (χ3n) is 9.97. The lowest BCUT2D eigenvalue weighted by atomic mass is 9.63. The second-order valence-corrected chi connectivity index (χ2v) is 13.2. The lowest BCUT2D eigenvalue weighted by Crippen LogP contribution is -2.57. The molecule has 2 aromatic heterocycles. The van der Waals surface area contributed by atoms with Crippen molar-refractivity contribution in [1.29, 1.82) is 0 Å². The number of aromatic nitrogens is 1. The highest BCUT2D eigenvalue weighted by atomic mass is 16.5. The Morgan fingerprint density at radius 3 is 2.39 bits per heavy atom. The van der Waals surface area contributed by atoms with Gasteiger partial charge in [-0.3, -0.25) is 0 Å². The second kappa shape index (κ2) is 8.85. The van der Waals surface area contributed by atoms with Gasteiger partial charge in [0.25, 0.3) is 0 Å². The molecule has 2 aliphatic rings. The summed E-state index contributed by atoms with van der Waals surface area (Å²) in [5.41, 5.74) is 4.59. The van der Waals surface area contributed by atoms with E-state index in [1.54, 1.807) is 6.07 Å². The fourth-order valence-corrected chi connectivity index (χ4v) is 8.27. The van der Waals surface area contributed by atoms with Gasteiger partial charge in [-0.15, -0.1) is 0 Å². The minimum Gasteiger partial charge on any atom is -0.506 e. The highest BCUT2D eigenvalue weighted by Gasteiger charge is 2.71. The number of phenols is 1. The number of benzene rings is 4. The number of nitrogens with zero attached hydrogens (tertiary/aromatic N) is 2. The van der Waals surface area contributed by atoms with Gasteiger partial charge in [0, 0.05) is 27.6 Å². The summed E-state index contributed by atoms with van der Waals surface area (Å²) in [6, 6.07) is 27.9. The van der Waals surface area contributed by atoms with Crippen LogP contribution in [0.2, 0.25) is 0 Å². The van der Waals surface area contributed by atoms with Crippen molar-refractivity contribution < 1.29 is 19.0 Å². The fourth-order valence-electron chi connectivity index (χ4n) is 8.27. The van der Waals surface area contributed by atoms with Crippen molar-refractivity contribution >= 4 is 38.7 Å². The Bertz CT molecular complexity index is 2190. The van der Waals surface area contributed by atoms with Crippen LogP contribution in [0, 0.1) is 12.8 Å². The first-order chi connectivity index (χ1) is 21.0. The number of para-hydroxylation sites is 1. The van der Waals surface area contributed by atoms with Gasteiger partial charge in [0.15, 0.2) is 5.60 Å². The van der Waals surface area contributed by atoms with E-state index in [0.717, 1.165) is 32.9 Å². The minimum absolute atomic E-state index is 0.123. The number of phenolic OH excluding ortho intramolecular Hbond substituents is 1. The molecule has 6 heteroatoms. The van der Waals surface area contributed by atoms with Gasteiger partial charge in [0.1, 0.15) is 33.7 Å². The predicted octanol–water partition coefficient (Wildman–Crippen LogP) is 9.32. The van der Waals surface area contributed by atoms with E-state index in [9.17, 15) is 5.11 Å². The Morgan fingerprint density at radius 2 is 1.59 bits per heavy atom. The van der Waals surface area contributed by atoms with Gasteiger partial charge in [-0.05, 0) is 72.9 Å².